The summed E-state index contributed by atoms with van der Waals surface area (Å²) in [6.07, 6.45) is 3.21. The molecule has 0 aliphatic heterocycles. The molecule has 0 aliphatic carbocycles. The third-order valence-corrected chi connectivity index (χ3v) is 2.71. The smallest absolute Gasteiger partial charge is 0.248 e. The maximum atomic E-state index is 11.2. The van der Waals surface area contributed by atoms with E-state index < -0.39 is 0 Å². The molecule has 108 valence electrons. The second kappa shape index (κ2) is 6.00. The SMILES string of the molecule is CC(C)(C)NCCCc1nnc(-c2cc[nH]c(=O)c2)o1. The van der Waals surface area contributed by atoms with Gasteiger partial charge in [0.2, 0.25) is 17.3 Å². The molecule has 0 aliphatic rings. The predicted octanol–water partition coefficient (Wildman–Crippen LogP) is 1.75. The highest BCUT2D eigenvalue weighted by atomic mass is 16.4. The molecule has 2 N–H and O–H groups in total. The topological polar surface area (TPSA) is 83.8 Å². The number of hydrogen-bond acceptors (Lipinski definition) is 5. The molecule has 0 amide bonds. The fourth-order valence-electron chi connectivity index (χ4n) is 1.75. The first-order valence-corrected chi connectivity index (χ1v) is 6.70. The lowest BCUT2D eigenvalue weighted by Gasteiger charge is -2.19. The molecule has 2 aromatic heterocycles. The van der Waals surface area contributed by atoms with Crippen molar-refractivity contribution >= 4 is 0 Å². The first kappa shape index (κ1) is 14.5. The molecule has 2 aromatic rings. The van der Waals surface area contributed by atoms with Crippen molar-refractivity contribution in [2.24, 2.45) is 0 Å². The first-order chi connectivity index (χ1) is 9.44. The van der Waals surface area contributed by atoms with Crippen molar-refractivity contribution in [3.63, 3.8) is 0 Å². The van der Waals surface area contributed by atoms with Crippen molar-refractivity contribution in [1.29, 1.82) is 0 Å². The van der Waals surface area contributed by atoms with Gasteiger partial charge >= 0.3 is 0 Å². The zero-order valence-electron chi connectivity index (χ0n) is 12.1. The summed E-state index contributed by atoms with van der Waals surface area (Å²) in [5.41, 5.74) is 0.572. The Bertz CT molecular complexity index is 610. The highest BCUT2D eigenvalue weighted by Gasteiger charge is 2.10. The molecular weight excluding hydrogens is 256 g/mol. The number of rotatable bonds is 5. The standard InChI is InChI=1S/C14H20N4O2/c1-14(2,3)16-7-4-5-12-17-18-13(20-12)10-6-8-15-11(19)9-10/h6,8-9,16H,4-5,7H2,1-3H3,(H,15,19). The Labute approximate surface area is 117 Å². The minimum Gasteiger partial charge on any atom is -0.421 e. The molecule has 0 aromatic carbocycles. The van der Waals surface area contributed by atoms with Gasteiger partial charge in [0.1, 0.15) is 0 Å². The van der Waals surface area contributed by atoms with Crippen molar-refractivity contribution < 1.29 is 4.42 Å². The Morgan fingerprint density at radius 1 is 1.35 bits per heavy atom. The minimum atomic E-state index is -0.184. The van der Waals surface area contributed by atoms with E-state index in [1.165, 1.54) is 6.07 Å². The Morgan fingerprint density at radius 3 is 2.85 bits per heavy atom. The number of nitrogens with one attached hydrogen (secondary N) is 2. The van der Waals surface area contributed by atoms with Gasteiger partial charge in [-0.25, -0.2) is 0 Å². The van der Waals surface area contributed by atoms with Gasteiger partial charge in [-0.2, -0.15) is 0 Å². The maximum absolute atomic E-state index is 11.2. The summed E-state index contributed by atoms with van der Waals surface area (Å²) in [7, 11) is 0. The summed E-state index contributed by atoms with van der Waals surface area (Å²) in [5.74, 6) is 0.978. The average molecular weight is 276 g/mol. The summed E-state index contributed by atoms with van der Waals surface area (Å²) in [6, 6.07) is 3.18. The zero-order valence-corrected chi connectivity index (χ0v) is 12.1. The van der Waals surface area contributed by atoms with E-state index in [0.29, 0.717) is 17.3 Å². The Hall–Kier alpha value is -1.95. The van der Waals surface area contributed by atoms with E-state index in [1.54, 1.807) is 12.3 Å². The van der Waals surface area contributed by atoms with E-state index in [-0.39, 0.29) is 11.1 Å². The quantitative estimate of drug-likeness (QED) is 0.813. The van der Waals surface area contributed by atoms with E-state index in [0.717, 1.165) is 19.4 Å². The van der Waals surface area contributed by atoms with E-state index in [1.807, 2.05) is 0 Å². The largest absolute Gasteiger partial charge is 0.421 e. The van der Waals surface area contributed by atoms with Gasteiger partial charge in [0.25, 0.3) is 0 Å². The number of aryl methyl sites for hydroxylation is 1. The number of hydrogen-bond donors (Lipinski definition) is 2. The summed E-state index contributed by atoms with van der Waals surface area (Å²) >= 11 is 0. The van der Waals surface area contributed by atoms with Gasteiger partial charge in [-0.1, -0.05) is 0 Å². The molecule has 0 radical (unpaired) electrons. The number of aromatic nitrogens is 3. The second-order valence-electron chi connectivity index (χ2n) is 5.72. The summed E-state index contributed by atoms with van der Waals surface area (Å²) < 4.78 is 5.55. The van der Waals surface area contributed by atoms with E-state index >= 15 is 0 Å². The van der Waals surface area contributed by atoms with Crippen LogP contribution < -0.4 is 10.9 Å². The predicted molar refractivity (Wildman–Crippen MR) is 76.4 cm³/mol. The molecule has 6 nitrogen and oxygen atoms in total. The molecule has 0 atom stereocenters. The lowest BCUT2D eigenvalue weighted by atomic mass is 10.1. The Morgan fingerprint density at radius 2 is 2.15 bits per heavy atom. The van der Waals surface area contributed by atoms with Gasteiger partial charge in [-0.3, -0.25) is 4.79 Å². The molecule has 0 fully saturated rings. The molecule has 2 heterocycles. The van der Waals surface area contributed by atoms with Gasteiger partial charge in [0, 0.05) is 29.8 Å². The van der Waals surface area contributed by atoms with E-state index in [4.69, 9.17) is 4.42 Å². The Kier molecular flexibility index (Phi) is 4.34. The summed E-state index contributed by atoms with van der Waals surface area (Å²) in [6.45, 7) is 7.28. The lowest BCUT2D eigenvalue weighted by Crippen LogP contribution is -2.36. The van der Waals surface area contributed by atoms with Gasteiger partial charge in [0.05, 0.1) is 0 Å². The van der Waals surface area contributed by atoms with Crippen molar-refractivity contribution in [2.75, 3.05) is 6.54 Å². The molecule has 0 bridgehead atoms. The van der Waals surface area contributed by atoms with E-state index in [9.17, 15) is 4.79 Å². The molecule has 0 saturated heterocycles. The highest BCUT2D eigenvalue weighted by Crippen LogP contribution is 2.15. The fraction of sp³-hybridized carbons (Fsp3) is 0.500. The maximum Gasteiger partial charge on any atom is 0.248 e. The van der Waals surface area contributed by atoms with E-state index in [2.05, 4.69) is 41.3 Å². The van der Waals surface area contributed by atoms with Crippen LogP contribution in [0.25, 0.3) is 11.5 Å². The van der Waals surface area contributed by atoms with Crippen LogP contribution in [0.2, 0.25) is 0 Å². The number of H-pyrrole nitrogens is 1. The van der Waals surface area contributed by atoms with Crippen LogP contribution in [0.1, 0.15) is 33.1 Å². The van der Waals surface area contributed by atoms with Gasteiger partial charge in [-0.15, -0.1) is 10.2 Å². The van der Waals surface area contributed by atoms with Gasteiger partial charge in [0.15, 0.2) is 0 Å². The average Bonchev–Trinajstić information content (AvgIpc) is 2.82. The first-order valence-electron chi connectivity index (χ1n) is 6.70. The Balaban J connectivity index is 1.91. The van der Waals surface area contributed by atoms with Crippen LogP contribution in [-0.2, 0) is 6.42 Å². The van der Waals surface area contributed by atoms with Gasteiger partial charge in [-0.05, 0) is 39.8 Å². The van der Waals surface area contributed by atoms with Crippen molar-refractivity contribution in [3.8, 4) is 11.5 Å². The van der Waals surface area contributed by atoms with Crippen LogP contribution >= 0.6 is 0 Å². The lowest BCUT2D eigenvalue weighted by molar-refractivity contribution is 0.412. The van der Waals surface area contributed by atoms with Crippen molar-refractivity contribution in [3.05, 3.63) is 34.6 Å². The monoisotopic (exact) mass is 276 g/mol. The number of nitrogens with zero attached hydrogens (tertiary/aromatic N) is 2. The second-order valence-corrected chi connectivity index (χ2v) is 5.72. The van der Waals surface area contributed by atoms with Crippen LogP contribution in [0.4, 0.5) is 0 Å². The zero-order chi connectivity index (χ0) is 14.6. The van der Waals surface area contributed by atoms with Crippen LogP contribution in [0.15, 0.2) is 27.5 Å². The molecule has 6 heteroatoms. The van der Waals surface area contributed by atoms with Crippen LogP contribution in [0.3, 0.4) is 0 Å². The molecule has 2 rings (SSSR count). The van der Waals surface area contributed by atoms with Crippen molar-refractivity contribution in [1.82, 2.24) is 20.5 Å². The highest BCUT2D eigenvalue weighted by molar-refractivity contribution is 5.50. The number of aromatic amines is 1. The van der Waals surface area contributed by atoms with Crippen LogP contribution in [0, 0.1) is 0 Å². The third-order valence-electron chi connectivity index (χ3n) is 2.71. The summed E-state index contributed by atoms with van der Waals surface area (Å²) in [4.78, 5) is 13.8. The molecular formula is C14H20N4O2. The molecule has 0 spiro atoms. The van der Waals surface area contributed by atoms with Crippen LogP contribution in [0.5, 0.6) is 0 Å². The molecule has 0 unspecified atom stereocenters. The molecule has 20 heavy (non-hydrogen) atoms. The fourth-order valence-corrected chi connectivity index (χ4v) is 1.75. The third kappa shape index (κ3) is 4.31. The van der Waals surface area contributed by atoms with Gasteiger partial charge < -0.3 is 14.7 Å². The number of pyridine rings is 1. The molecule has 0 saturated carbocycles. The van der Waals surface area contributed by atoms with Crippen LogP contribution in [-0.4, -0.2) is 27.3 Å². The minimum absolute atomic E-state index is 0.116. The normalized spacial score (nSPS) is 11.8. The summed E-state index contributed by atoms with van der Waals surface area (Å²) in [5, 5.41) is 11.4. The van der Waals surface area contributed by atoms with Crippen molar-refractivity contribution in [2.45, 2.75) is 39.2 Å².